The summed E-state index contributed by atoms with van der Waals surface area (Å²) in [6.45, 7) is 13.1. The number of hydrogen-bond donors (Lipinski definition) is 0. The molecule has 3 heterocycles. The van der Waals surface area contributed by atoms with Crippen molar-refractivity contribution in [1.29, 1.82) is 0 Å². The average Bonchev–Trinajstić information content (AvgIpc) is 3.29. The van der Waals surface area contributed by atoms with Crippen LogP contribution in [0.2, 0.25) is 0 Å². The summed E-state index contributed by atoms with van der Waals surface area (Å²) in [5, 5.41) is 1.14. The van der Waals surface area contributed by atoms with Gasteiger partial charge in [-0.15, -0.1) is 0 Å². The van der Waals surface area contributed by atoms with E-state index in [1.165, 1.54) is 16.8 Å². The number of aromatic nitrogens is 1. The van der Waals surface area contributed by atoms with Gasteiger partial charge < -0.3 is 28.7 Å². The highest BCUT2D eigenvalue weighted by atomic mass is 16.5. The van der Waals surface area contributed by atoms with Crippen LogP contribution in [0.3, 0.4) is 0 Å². The van der Waals surface area contributed by atoms with Crippen LogP contribution < -0.4 is 9.47 Å². The number of hydrogen-bond acceptors (Lipinski definition) is 6. The van der Waals surface area contributed by atoms with Crippen molar-refractivity contribution in [3.05, 3.63) is 65.4 Å². The van der Waals surface area contributed by atoms with Crippen molar-refractivity contribution in [3.8, 4) is 11.5 Å². The summed E-state index contributed by atoms with van der Waals surface area (Å²) in [7, 11) is 5.60. The van der Waals surface area contributed by atoms with Crippen molar-refractivity contribution in [1.82, 2.24) is 24.2 Å². The summed E-state index contributed by atoms with van der Waals surface area (Å²) < 4.78 is 13.2. The van der Waals surface area contributed by atoms with Crippen molar-refractivity contribution in [2.24, 2.45) is 0 Å². The Labute approximate surface area is 251 Å². The first kappa shape index (κ1) is 30.1. The fraction of sp³-hybridized carbons (Fsp3) is 0.500. The number of carbonyl (C=O) groups excluding carboxylic acids is 1. The van der Waals surface area contributed by atoms with Gasteiger partial charge in [0, 0.05) is 93.7 Å². The third-order valence-electron chi connectivity index (χ3n) is 8.98. The second-order valence-electron chi connectivity index (χ2n) is 11.6. The Morgan fingerprint density at radius 3 is 2.14 bits per heavy atom. The molecular weight excluding hydrogens is 526 g/mol. The number of rotatable bonds is 11. The predicted molar refractivity (Wildman–Crippen MR) is 171 cm³/mol. The Bertz CT molecular complexity index is 1350. The molecule has 226 valence electrons. The van der Waals surface area contributed by atoms with Gasteiger partial charge in [-0.2, -0.15) is 0 Å². The van der Waals surface area contributed by atoms with Crippen LogP contribution in [0, 0.1) is 6.92 Å². The molecule has 2 fully saturated rings. The van der Waals surface area contributed by atoms with E-state index in [1.54, 1.807) is 20.3 Å². The van der Waals surface area contributed by atoms with E-state index < -0.39 is 0 Å². The van der Waals surface area contributed by atoms with Crippen LogP contribution in [0.25, 0.3) is 17.0 Å². The predicted octanol–water partition coefficient (Wildman–Crippen LogP) is 4.00. The van der Waals surface area contributed by atoms with Gasteiger partial charge in [0.1, 0.15) is 11.5 Å². The lowest BCUT2D eigenvalue weighted by molar-refractivity contribution is -0.127. The first-order valence-electron chi connectivity index (χ1n) is 15.3. The van der Waals surface area contributed by atoms with E-state index in [1.807, 2.05) is 29.2 Å². The normalized spacial score (nSPS) is 17.4. The molecule has 42 heavy (non-hydrogen) atoms. The minimum atomic E-state index is 0.0862. The first-order valence-corrected chi connectivity index (χ1v) is 15.3. The van der Waals surface area contributed by atoms with Crippen molar-refractivity contribution in [2.45, 2.75) is 26.3 Å². The van der Waals surface area contributed by atoms with Crippen LogP contribution in [0.5, 0.6) is 11.5 Å². The number of aryl methyl sites for hydroxylation is 1. The molecule has 0 saturated carbocycles. The molecule has 0 spiro atoms. The third kappa shape index (κ3) is 7.35. The van der Waals surface area contributed by atoms with Gasteiger partial charge in [-0.1, -0.05) is 12.1 Å². The molecule has 2 aromatic carbocycles. The summed E-state index contributed by atoms with van der Waals surface area (Å²) in [5.41, 5.74) is 4.81. The molecule has 2 aliphatic heterocycles. The topological polar surface area (TPSA) is 53.4 Å². The van der Waals surface area contributed by atoms with Crippen LogP contribution in [-0.2, 0) is 17.8 Å². The molecule has 8 nitrogen and oxygen atoms in total. The standard InChI is InChI=1S/C34H47N5O3/c1-27-31(11-13-34(40)38-24-22-37(23-25-38)17-14-28-6-8-29(41-3)9-7-28)32-26-30(42-4)10-12-33(32)39(27)16-5-15-36-20-18-35(2)19-21-36/h6-13,26H,5,14-25H2,1-4H3. The van der Waals surface area contributed by atoms with Crippen molar-refractivity contribution in [2.75, 3.05) is 86.7 Å². The molecule has 0 radical (unpaired) electrons. The summed E-state index contributed by atoms with van der Waals surface area (Å²) in [6.07, 6.45) is 5.89. The molecule has 1 aromatic heterocycles. The fourth-order valence-electron chi connectivity index (χ4n) is 6.17. The van der Waals surface area contributed by atoms with E-state index in [9.17, 15) is 4.79 Å². The summed E-state index contributed by atoms with van der Waals surface area (Å²) in [5.74, 6) is 1.81. The monoisotopic (exact) mass is 573 g/mol. The lowest BCUT2D eigenvalue weighted by Crippen LogP contribution is -2.48. The lowest BCUT2D eigenvalue weighted by atomic mass is 10.1. The van der Waals surface area contributed by atoms with E-state index in [-0.39, 0.29) is 5.91 Å². The molecule has 0 unspecified atom stereocenters. The fourth-order valence-corrected chi connectivity index (χ4v) is 6.17. The van der Waals surface area contributed by atoms with Gasteiger partial charge in [-0.25, -0.2) is 0 Å². The van der Waals surface area contributed by atoms with Crippen LogP contribution in [0.4, 0.5) is 0 Å². The van der Waals surface area contributed by atoms with Crippen LogP contribution in [-0.4, -0.2) is 117 Å². The molecule has 0 N–H and O–H groups in total. The molecule has 0 atom stereocenters. The molecule has 3 aromatic rings. The number of nitrogens with zero attached hydrogens (tertiary/aromatic N) is 5. The SMILES string of the molecule is COc1ccc(CCN2CCN(C(=O)C=Cc3c(C)n(CCCN4CCN(C)CC4)c4ccc(OC)cc34)CC2)cc1. The summed E-state index contributed by atoms with van der Waals surface area (Å²) >= 11 is 0. The number of methoxy groups -OCH3 is 2. The third-order valence-corrected chi connectivity index (χ3v) is 8.98. The molecule has 1 amide bonds. The Morgan fingerprint density at radius 1 is 0.810 bits per heavy atom. The number of likely N-dealkylation sites (N-methyl/N-ethyl adjacent to an activating group) is 1. The second-order valence-corrected chi connectivity index (χ2v) is 11.6. The van der Waals surface area contributed by atoms with E-state index in [0.717, 1.165) is 107 Å². The number of amides is 1. The second kappa shape index (κ2) is 14.2. The van der Waals surface area contributed by atoms with Gasteiger partial charge in [0.15, 0.2) is 0 Å². The van der Waals surface area contributed by atoms with Gasteiger partial charge in [0.2, 0.25) is 5.91 Å². The van der Waals surface area contributed by atoms with E-state index in [4.69, 9.17) is 9.47 Å². The minimum Gasteiger partial charge on any atom is -0.497 e. The largest absolute Gasteiger partial charge is 0.497 e. The zero-order valence-electron chi connectivity index (χ0n) is 25.8. The highest BCUT2D eigenvalue weighted by molar-refractivity contribution is 5.98. The maximum absolute atomic E-state index is 13.2. The van der Waals surface area contributed by atoms with Crippen LogP contribution in [0.15, 0.2) is 48.5 Å². The Kier molecular flexibility index (Phi) is 10.2. The van der Waals surface area contributed by atoms with Gasteiger partial charge in [0.05, 0.1) is 14.2 Å². The minimum absolute atomic E-state index is 0.0862. The Morgan fingerprint density at radius 2 is 1.45 bits per heavy atom. The summed E-state index contributed by atoms with van der Waals surface area (Å²) in [4.78, 5) is 22.6. The Hall–Kier alpha value is -3.33. The molecular formula is C34H47N5O3. The lowest BCUT2D eigenvalue weighted by Gasteiger charge is -2.34. The molecule has 2 aliphatic rings. The van der Waals surface area contributed by atoms with Crippen molar-refractivity contribution in [3.63, 3.8) is 0 Å². The average molecular weight is 574 g/mol. The summed E-state index contributed by atoms with van der Waals surface area (Å²) in [6, 6.07) is 14.6. The van der Waals surface area contributed by atoms with Crippen molar-refractivity contribution >= 4 is 22.9 Å². The first-order chi connectivity index (χ1) is 20.4. The molecule has 0 bridgehead atoms. The molecule has 5 rings (SSSR count). The van der Waals surface area contributed by atoms with Crippen LogP contribution in [0.1, 0.15) is 23.2 Å². The molecule has 8 heteroatoms. The number of carbonyl (C=O) groups is 1. The van der Waals surface area contributed by atoms with E-state index in [0.29, 0.717) is 0 Å². The molecule has 2 saturated heterocycles. The van der Waals surface area contributed by atoms with Gasteiger partial charge in [0.25, 0.3) is 0 Å². The van der Waals surface area contributed by atoms with Gasteiger partial charge >= 0.3 is 0 Å². The quantitative estimate of drug-likeness (QED) is 0.323. The van der Waals surface area contributed by atoms with E-state index >= 15 is 0 Å². The number of benzene rings is 2. The zero-order valence-corrected chi connectivity index (χ0v) is 25.8. The number of fused-ring (bicyclic) bond motifs is 1. The zero-order chi connectivity index (χ0) is 29.5. The number of piperazine rings is 2. The number of ether oxygens (including phenoxy) is 2. The van der Waals surface area contributed by atoms with Gasteiger partial charge in [-0.3, -0.25) is 9.69 Å². The van der Waals surface area contributed by atoms with Crippen molar-refractivity contribution < 1.29 is 14.3 Å². The maximum Gasteiger partial charge on any atom is 0.246 e. The van der Waals surface area contributed by atoms with Crippen LogP contribution >= 0.6 is 0 Å². The highest BCUT2D eigenvalue weighted by Crippen LogP contribution is 2.31. The smallest absolute Gasteiger partial charge is 0.246 e. The highest BCUT2D eigenvalue weighted by Gasteiger charge is 2.20. The van der Waals surface area contributed by atoms with E-state index in [2.05, 4.69) is 57.5 Å². The Balaban J connectivity index is 1.19. The maximum atomic E-state index is 13.2. The molecule has 0 aliphatic carbocycles. The van der Waals surface area contributed by atoms with Gasteiger partial charge in [-0.05, 0) is 75.3 Å².